The van der Waals surface area contributed by atoms with Crippen molar-refractivity contribution < 1.29 is 13.2 Å². The van der Waals surface area contributed by atoms with Crippen molar-refractivity contribution in [2.24, 2.45) is 0 Å². The highest BCUT2D eigenvalue weighted by Crippen LogP contribution is 2.12. The molecule has 0 amide bonds. The van der Waals surface area contributed by atoms with Crippen LogP contribution in [-0.4, -0.2) is 57.9 Å². The van der Waals surface area contributed by atoms with Crippen molar-refractivity contribution in [2.45, 2.75) is 31.9 Å². The molecule has 1 fully saturated rings. The van der Waals surface area contributed by atoms with Crippen LogP contribution in [0.5, 0.6) is 0 Å². The van der Waals surface area contributed by atoms with Gasteiger partial charge in [-0.25, -0.2) is 12.7 Å². The van der Waals surface area contributed by atoms with Crippen LogP contribution in [0, 0.1) is 0 Å². The maximum Gasteiger partial charge on any atom is 0.214 e. The average Bonchev–Trinajstić information content (AvgIpc) is 2.17. The van der Waals surface area contributed by atoms with E-state index in [2.05, 4.69) is 5.32 Å². The molecule has 1 heterocycles. The van der Waals surface area contributed by atoms with Gasteiger partial charge in [0.2, 0.25) is 10.0 Å². The predicted molar refractivity (Wildman–Crippen MR) is 63.9 cm³/mol. The summed E-state index contributed by atoms with van der Waals surface area (Å²) in [5.74, 6) is 0.158. The van der Waals surface area contributed by atoms with E-state index in [9.17, 15) is 8.42 Å². The fourth-order valence-corrected chi connectivity index (χ4v) is 2.50. The van der Waals surface area contributed by atoms with Crippen LogP contribution < -0.4 is 5.32 Å². The van der Waals surface area contributed by atoms with Gasteiger partial charge in [-0.3, -0.25) is 0 Å². The third kappa shape index (κ3) is 4.37. The standard InChI is InChI=1S/C10H22N2O3S/c1-9-8-10(4-6-15-9)11-5-7-16(13,14)12(2)3/h9-11H,4-8H2,1-3H3. The number of nitrogens with zero attached hydrogens (tertiary/aromatic N) is 1. The van der Waals surface area contributed by atoms with Gasteiger partial charge >= 0.3 is 0 Å². The Morgan fingerprint density at radius 2 is 2.12 bits per heavy atom. The molecule has 0 aliphatic carbocycles. The summed E-state index contributed by atoms with van der Waals surface area (Å²) in [5, 5.41) is 3.28. The van der Waals surface area contributed by atoms with E-state index in [4.69, 9.17) is 4.74 Å². The molecule has 16 heavy (non-hydrogen) atoms. The SMILES string of the molecule is CC1CC(NCCS(=O)(=O)N(C)C)CCO1. The second-order valence-corrected chi connectivity index (χ2v) is 6.76. The van der Waals surface area contributed by atoms with E-state index in [1.165, 1.54) is 4.31 Å². The molecule has 2 atom stereocenters. The lowest BCUT2D eigenvalue weighted by Crippen LogP contribution is -2.41. The van der Waals surface area contributed by atoms with E-state index in [1.807, 2.05) is 6.92 Å². The van der Waals surface area contributed by atoms with Crippen LogP contribution in [0.15, 0.2) is 0 Å². The van der Waals surface area contributed by atoms with Crippen LogP contribution in [0.1, 0.15) is 19.8 Å². The van der Waals surface area contributed by atoms with Crippen molar-refractivity contribution in [3.8, 4) is 0 Å². The maximum absolute atomic E-state index is 11.5. The zero-order valence-electron chi connectivity index (χ0n) is 10.3. The fraction of sp³-hybridized carbons (Fsp3) is 1.00. The first kappa shape index (κ1) is 13.9. The average molecular weight is 250 g/mol. The lowest BCUT2D eigenvalue weighted by atomic mass is 10.0. The molecule has 0 spiro atoms. The fourth-order valence-electron chi connectivity index (χ4n) is 1.76. The van der Waals surface area contributed by atoms with Crippen LogP contribution in [-0.2, 0) is 14.8 Å². The van der Waals surface area contributed by atoms with E-state index < -0.39 is 10.0 Å². The van der Waals surface area contributed by atoms with Gasteiger partial charge in [-0.2, -0.15) is 0 Å². The summed E-state index contributed by atoms with van der Waals surface area (Å²) in [4.78, 5) is 0. The molecule has 0 radical (unpaired) electrons. The maximum atomic E-state index is 11.5. The summed E-state index contributed by atoms with van der Waals surface area (Å²) in [5.41, 5.74) is 0. The highest BCUT2D eigenvalue weighted by molar-refractivity contribution is 7.89. The van der Waals surface area contributed by atoms with Gasteiger partial charge in [0.05, 0.1) is 11.9 Å². The van der Waals surface area contributed by atoms with Crippen LogP contribution >= 0.6 is 0 Å². The number of ether oxygens (including phenoxy) is 1. The molecular formula is C10H22N2O3S. The first-order valence-corrected chi connectivity index (χ1v) is 7.28. The number of sulfonamides is 1. The topological polar surface area (TPSA) is 58.6 Å². The third-order valence-corrected chi connectivity index (χ3v) is 4.67. The molecule has 0 bridgehead atoms. The molecule has 1 aliphatic rings. The van der Waals surface area contributed by atoms with E-state index in [1.54, 1.807) is 14.1 Å². The lowest BCUT2D eigenvalue weighted by molar-refractivity contribution is 0.0137. The van der Waals surface area contributed by atoms with Gasteiger partial charge in [-0.1, -0.05) is 0 Å². The van der Waals surface area contributed by atoms with Crippen LogP contribution in [0.4, 0.5) is 0 Å². The highest BCUT2D eigenvalue weighted by Gasteiger charge is 2.20. The van der Waals surface area contributed by atoms with Crippen molar-refractivity contribution >= 4 is 10.0 Å². The van der Waals surface area contributed by atoms with Gasteiger partial charge < -0.3 is 10.1 Å². The second-order valence-electron chi connectivity index (χ2n) is 4.46. The lowest BCUT2D eigenvalue weighted by Gasteiger charge is -2.28. The van der Waals surface area contributed by atoms with Gasteiger partial charge in [0, 0.05) is 33.3 Å². The Bertz CT molecular complexity index is 303. The zero-order valence-corrected chi connectivity index (χ0v) is 11.1. The Morgan fingerprint density at radius 1 is 1.44 bits per heavy atom. The highest BCUT2D eigenvalue weighted by atomic mass is 32.2. The van der Waals surface area contributed by atoms with Gasteiger partial charge in [-0.15, -0.1) is 0 Å². The molecular weight excluding hydrogens is 228 g/mol. The van der Waals surface area contributed by atoms with Gasteiger partial charge in [-0.05, 0) is 19.8 Å². The molecule has 1 aliphatic heterocycles. The van der Waals surface area contributed by atoms with Gasteiger partial charge in [0.1, 0.15) is 0 Å². The first-order chi connectivity index (χ1) is 7.42. The van der Waals surface area contributed by atoms with Crippen LogP contribution in [0.2, 0.25) is 0 Å². The van der Waals surface area contributed by atoms with Crippen LogP contribution in [0.25, 0.3) is 0 Å². The van der Waals surface area contributed by atoms with Crippen molar-refractivity contribution in [1.82, 2.24) is 9.62 Å². The van der Waals surface area contributed by atoms with Crippen molar-refractivity contribution in [1.29, 1.82) is 0 Å². The minimum atomic E-state index is -3.07. The summed E-state index contributed by atoms with van der Waals surface area (Å²) in [7, 11) is 0.0498. The molecule has 96 valence electrons. The summed E-state index contributed by atoms with van der Waals surface area (Å²) >= 11 is 0. The Kier molecular flexibility index (Phi) is 5.17. The summed E-state index contributed by atoms with van der Waals surface area (Å²) in [6.07, 6.45) is 2.20. The monoisotopic (exact) mass is 250 g/mol. The number of hydrogen-bond donors (Lipinski definition) is 1. The van der Waals surface area contributed by atoms with Crippen molar-refractivity contribution in [2.75, 3.05) is 33.0 Å². The van der Waals surface area contributed by atoms with E-state index >= 15 is 0 Å². The molecule has 2 unspecified atom stereocenters. The first-order valence-electron chi connectivity index (χ1n) is 5.67. The summed E-state index contributed by atoms with van der Waals surface area (Å²) in [6, 6.07) is 0.390. The molecule has 0 aromatic rings. The number of nitrogens with one attached hydrogen (secondary N) is 1. The molecule has 0 aromatic heterocycles. The second kappa shape index (κ2) is 5.95. The normalized spacial score (nSPS) is 27.2. The van der Waals surface area contributed by atoms with Crippen molar-refractivity contribution in [3.63, 3.8) is 0 Å². The minimum Gasteiger partial charge on any atom is -0.378 e. The molecule has 1 rings (SSSR count). The molecule has 0 saturated carbocycles. The van der Waals surface area contributed by atoms with Crippen molar-refractivity contribution in [3.05, 3.63) is 0 Å². The Balaban J connectivity index is 2.25. The van der Waals surface area contributed by atoms with Gasteiger partial charge in [0.25, 0.3) is 0 Å². The van der Waals surface area contributed by atoms with E-state index in [-0.39, 0.29) is 11.9 Å². The van der Waals surface area contributed by atoms with E-state index in [0.717, 1.165) is 19.4 Å². The Labute approximate surface area is 98.2 Å². The van der Waals surface area contributed by atoms with Gasteiger partial charge in [0.15, 0.2) is 0 Å². The Morgan fingerprint density at radius 3 is 2.69 bits per heavy atom. The zero-order chi connectivity index (χ0) is 12.2. The smallest absolute Gasteiger partial charge is 0.214 e. The molecule has 6 heteroatoms. The number of rotatable bonds is 5. The third-order valence-electron chi connectivity index (χ3n) is 2.83. The van der Waals surface area contributed by atoms with Crippen LogP contribution in [0.3, 0.4) is 0 Å². The largest absolute Gasteiger partial charge is 0.378 e. The minimum absolute atomic E-state index is 0.158. The number of hydrogen-bond acceptors (Lipinski definition) is 4. The van der Waals surface area contributed by atoms with E-state index in [0.29, 0.717) is 12.6 Å². The summed E-state index contributed by atoms with van der Waals surface area (Å²) in [6.45, 7) is 3.32. The molecule has 1 N–H and O–H groups in total. The predicted octanol–water partition coefficient (Wildman–Crippen LogP) is 0.0349. The summed E-state index contributed by atoms with van der Waals surface area (Å²) < 4.78 is 29.7. The molecule has 0 aromatic carbocycles. The quantitative estimate of drug-likeness (QED) is 0.748. The Hall–Kier alpha value is -0.170. The molecule has 1 saturated heterocycles. The molecule has 5 nitrogen and oxygen atoms in total.